The van der Waals surface area contributed by atoms with Crippen molar-refractivity contribution in [1.29, 1.82) is 0 Å². The Morgan fingerprint density at radius 3 is 1.96 bits per heavy atom. The number of carbonyl (C=O) groups excluding carboxylic acids is 3. The Morgan fingerprint density at radius 1 is 0.698 bits per heavy atom. The van der Waals surface area contributed by atoms with Crippen LogP contribution in [0.15, 0.2) is 11.6 Å². The fourth-order valence-corrected chi connectivity index (χ4v) is 15.3. The third-order valence-corrected chi connectivity index (χ3v) is 18.3. The van der Waals surface area contributed by atoms with Crippen molar-refractivity contribution >= 4 is 17.7 Å². The quantitative estimate of drug-likeness (QED) is 0.195. The van der Waals surface area contributed by atoms with E-state index in [1.165, 1.54) is 24.8 Å². The van der Waals surface area contributed by atoms with Gasteiger partial charge in [-0.1, -0.05) is 45.8 Å². The fourth-order valence-electron chi connectivity index (χ4n) is 15.3. The van der Waals surface area contributed by atoms with E-state index < -0.39 is 17.6 Å². The second-order valence-electron chi connectivity index (χ2n) is 20.4. The van der Waals surface area contributed by atoms with Crippen LogP contribution in [0, 0.1) is 74.9 Å². The molecule has 8 saturated carbocycles. The average molecular weight is 739 g/mol. The molecule has 2 unspecified atom stereocenters. The van der Waals surface area contributed by atoms with Gasteiger partial charge in [0.2, 0.25) is 0 Å². The van der Waals surface area contributed by atoms with E-state index in [4.69, 9.17) is 9.47 Å². The number of esters is 2. The van der Waals surface area contributed by atoms with Gasteiger partial charge >= 0.3 is 11.9 Å². The minimum absolute atomic E-state index is 0.00492. The number of rotatable bonds is 2. The highest BCUT2D eigenvalue weighted by Gasteiger charge is 2.67. The molecule has 8 rings (SSSR count). The van der Waals surface area contributed by atoms with Gasteiger partial charge in [-0.15, -0.1) is 0 Å². The molecule has 0 radical (unpaired) electrons. The summed E-state index contributed by atoms with van der Waals surface area (Å²) in [5.74, 6) is 3.21. The summed E-state index contributed by atoms with van der Waals surface area (Å²) in [5, 5.41) is 31.8. The highest BCUT2D eigenvalue weighted by molar-refractivity contribution is 5.88. The molecule has 8 aliphatic rings. The highest BCUT2D eigenvalue weighted by atomic mass is 16.5. The summed E-state index contributed by atoms with van der Waals surface area (Å²) < 4.78 is 12.1. The second kappa shape index (κ2) is 14.0. The van der Waals surface area contributed by atoms with Crippen LogP contribution >= 0.6 is 0 Å². The van der Waals surface area contributed by atoms with Crippen LogP contribution in [0.3, 0.4) is 0 Å². The zero-order valence-corrected chi connectivity index (χ0v) is 33.9. The molecule has 53 heavy (non-hydrogen) atoms. The predicted octanol–water partition coefficient (Wildman–Crippen LogP) is 7.60. The van der Waals surface area contributed by atoms with Crippen LogP contribution < -0.4 is 0 Å². The molecule has 0 heterocycles. The van der Waals surface area contributed by atoms with Gasteiger partial charge in [0.25, 0.3) is 0 Å². The lowest BCUT2D eigenvalue weighted by molar-refractivity contribution is -0.209. The lowest BCUT2D eigenvalue weighted by Crippen LogP contribution is -2.62. The molecule has 8 fully saturated rings. The van der Waals surface area contributed by atoms with E-state index in [1.54, 1.807) is 13.8 Å². The number of allylic oxidation sites excluding steroid dienone is 1. The normalized spacial score (nSPS) is 53.4. The SMILES string of the molecule is C/C=C1/CC[C@H]2[C@@H]3[C@H](OC(C)=O)CC4C[C@H](C)CC[C@]4(C)[C@H]3C[C@@H](OC(C)=O)[C@]12C.C[C@@]12C(=O)CC[C@H]1[C@@H]1[C@H](O)CC3C[C@H](O)CC[C@]3(C)[C@H]1C[C@H]2O. The second-order valence-corrected chi connectivity index (χ2v) is 20.4. The van der Waals surface area contributed by atoms with Crippen LogP contribution in [0.1, 0.15) is 145 Å². The zero-order chi connectivity index (χ0) is 38.4. The summed E-state index contributed by atoms with van der Waals surface area (Å²) in [4.78, 5) is 36.6. The molecule has 18 atom stereocenters. The summed E-state index contributed by atoms with van der Waals surface area (Å²) >= 11 is 0. The van der Waals surface area contributed by atoms with Crippen LogP contribution in [0.5, 0.6) is 0 Å². The Hall–Kier alpha value is -1.77. The van der Waals surface area contributed by atoms with Crippen molar-refractivity contribution in [2.75, 3.05) is 0 Å². The Kier molecular flexibility index (Phi) is 10.4. The van der Waals surface area contributed by atoms with Gasteiger partial charge < -0.3 is 24.8 Å². The van der Waals surface area contributed by atoms with Crippen molar-refractivity contribution in [2.24, 2.45) is 74.9 Å². The van der Waals surface area contributed by atoms with Crippen LogP contribution in [0.25, 0.3) is 0 Å². The summed E-state index contributed by atoms with van der Waals surface area (Å²) in [6.45, 7) is 16.6. The first kappa shape index (κ1) is 39.5. The van der Waals surface area contributed by atoms with Gasteiger partial charge in [-0.25, -0.2) is 0 Å². The Balaban J connectivity index is 0.000000170. The van der Waals surface area contributed by atoms with E-state index in [0.29, 0.717) is 42.4 Å². The van der Waals surface area contributed by atoms with Gasteiger partial charge in [0.05, 0.1) is 23.7 Å². The first-order valence-electron chi connectivity index (χ1n) is 21.5. The van der Waals surface area contributed by atoms with Crippen LogP contribution in [-0.4, -0.2) is 63.6 Å². The number of ketones is 1. The minimum atomic E-state index is -0.653. The number of hydrogen-bond donors (Lipinski definition) is 3. The smallest absolute Gasteiger partial charge is 0.302 e. The van der Waals surface area contributed by atoms with Gasteiger partial charge in [-0.2, -0.15) is 0 Å². The summed E-state index contributed by atoms with van der Waals surface area (Å²) in [7, 11) is 0. The molecular weight excluding hydrogens is 668 g/mol. The van der Waals surface area contributed by atoms with Crippen molar-refractivity contribution in [2.45, 2.75) is 176 Å². The van der Waals surface area contributed by atoms with Crippen LogP contribution in [0.2, 0.25) is 0 Å². The van der Waals surface area contributed by atoms with Gasteiger partial charge in [-0.3, -0.25) is 14.4 Å². The van der Waals surface area contributed by atoms with Crippen molar-refractivity contribution in [3.63, 3.8) is 0 Å². The Labute approximate surface area is 318 Å². The standard InChI is InChI=1S/C26H40O4.C19H30O4/c1-7-18-8-9-20-24-21(14-23(26(18,20)6)30-17(4)28)25(5)11-10-15(2)12-19(25)13-22(24)29-16(3)27;1-18-6-5-11(20)7-10(18)8-14(21)17-12-3-4-15(22)19(12,2)16(23)9-13(17)18/h7,15,19-24H,8-14H2,1-6H3;10-14,16-17,20-21,23H,3-9H2,1-2H3/b18-7-;/t15-,19?,20+,21+,22-,23-,24+,25+,26-;10?,11-,12+,13+,14-,16-,17+,18+,19+/m11/s1. The van der Waals surface area contributed by atoms with E-state index >= 15 is 0 Å². The first-order chi connectivity index (χ1) is 24.9. The Bertz CT molecular complexity index is 1470. The lowest BCUT2D eigenvalue weighted by atomic mass is 9.43. The van der Waals surface area contributed by atoms with Crippen molar-refractivity contribution in [3.05, 3.63) is 11.6 Å². The van der Waals surface area contributed by atoms with Gasteiger partial charge in [-0.05, 0) is 149 Å². The summed E-state index contributed by atoms with van der Waals surface area (Å²) in [6.07, 6.45) is 14.0. The molecule has 0 aromatic rings. The molecule has 0 amide bonds. The number of hydrogen-bond acceptors (Lipinski definition) is 8. The number of carbonyl (C=O) groups is 3. The molecule has 8 aliphatic carbocycles. The van der Waals surface area contributed by atoms with Crippen molar-refractivity contribution in [1.82, 2.24) is 0 Å². The molecule has 3 N–H and O–H groups in total. The fraction of sp³-hybridized carbons (Fsp3) is 0.889. The molecule has 0 aliphatic heterocycles. The zero-order valence-electron chi connectivity index (χ0n) is 33.9. The van der Waals surface area contributed by atoms with Gasteiger partial charge in [0.1, 0.15) is 18.0 Å². The number of ether oxygens (including phenoxy) is 2. The largest absolute Gasteiger partial charge is 0.462 e. The van der Waals surface area contributed by atoms with Gasteiger partial charge in [0.15, 0.2) is 0 Å². The molecule has 0 aromatic carbocycles. The molecule has 0 bridgehead atoms. The lowest BCUT2D eigenvalue weighted by Gasteiger charge is -2.63. The maximum absolute atomic E-state index is 12.5. The number of aliphatic hydroxyl groups is 3. The third kappa shape index (κ3) is 6.11. The van der Waals surface area contributed by atoms with Gasteiger partial charge in [0, 0.05) is 31.6 Å². The maximum Gasteiger partial charge on any atom is 0.302 e. The Morgan fingerprint density at radius 2 is 1.30 bits per heavy atom. The average Bonchev–Trinajstić information content (AvgIpc) is 3.59. The van der Waals surface area contributed by atoms with E-state index in [0.717, 1.165) is 63.7 Å². The highest BCUT2D eigenvalue weighted by Crippen LogP contribution is 2.69. The number of fused-ring (bicyclic) bond motifs is 10. The molecule has 298 valence electrons. The molecule has 0 spiro atoms. The summed E-state index contributed by atoms with van der Waals surface area (Å²) in [5.41, 5.74) is 0.942. The van der Waals surface area contributed by atoms with Crippen LogP contribution in [0.4, 0.5) is 0 Å². The van der Waals surface area contributed by atoms with E-state index in [1.807, 2.05) is 6.92 Å². The van der Waals surface area contributed by atoms with E-state index in [2.05, 4.69) is 40.7 Å². The molecular formula is C45H70O8. The number of aliphatic hydroxyl groups excluding tert-OH is 3. The van der Waals surface area contributed by atoms with E-state index in [9.17, 15) is 29.7 Å². The number of Topliss-reactive ketones (excluding diaryl/α,β-unsaturated/α-hetero) is 1. The molecule has 0 aromatic heterocycles. The molecule has 8 nitrogen and oxygen atoms in total. The third-order valence-electron chi connectivity index (χ3n) is 18.3. The predicted molar refractivity (Wildman–Crippen MR) is 202 cm³/mol. The van der Waals surface area contributed by atoms with Crippen LogP contribution in [-0.2, 0) is 23.9 Å². The van der Waals surface area contributed by atoms with Crippen molar-refractivity contribution in [3.8, 4) is 0 Å². The maximum atomic E-state index is 12.5. The summed E-state index contributed by atoms with van der Waals surface area (Å²) in [6, 6.07) is 0. The molecule has 0 saturated heterocycles. The monoisotopic (exact) mass is 739 g/mol. The van der Waals surface area contributed by atoms with E-state index in [-0.39, 0.29) is 70.0 Å². The first-order valence-corrected chi connectivity index (χ1v) is 21.5. The minimum Gasteiger partial charge on any atom is -0.462 e. The van der Waals surface area contributed by atoms with Crippen molar-refractivity contribution < 1.29 is 39.2 Å². The molecule has 8 heteroatoms. The topological polar surface area (TPSA) is 130 Å².